The average molecular weight is 241 g/mol. The van der Waals surface area contributed by atoms with E-state index < -0.39 is 0 Å². The molecule has 0 atom stereocenters. The van der Waals surface area contributed by atoms with Crippen molar-refractivity contribution in [2.24, 2.45) is 0 Å². The fourth-order valence-electron chi connectivity index (χ4n) is 1.52. The molecule has 92 valence electrons. The fourth-order valence-corrected chi connectivity index (χ4v) is 1.52. The highest BCUT2D eigenvalue weighted by Gasteiger charge is 1.98. The van der Waals surface area contributed by atoms with Gasteiger partial charge in [0.15, 0.2) is 0 Å². The Morgan fingerprint density at radius 2 is 1.83 bits per heavy atom. The summed E-state index contributed by atoms with van der Waals surface area (Å²) in [5.41, 5.74) is 1.94. The van der Waals surface area contributed by atoms with E-state index in [4.69, 9.17) is 4.42 Å². The number of carbonyl (C=O) groups excluding carboxylic acids is 1. The zero-order chi connectivity index (χ0) is 13.0. The van der Waals surface area contributed by atoms with Crippen molar-refractivity contribution in [3.05, 3.63) is 59.6 Å². The van der Waals surface area contributed by atoms with Gasteiger partial charge in [0.1, 0.15) is 11.5 Å². The van der Waals surface area contributed by atoms with Crippen LogP contribution in [0.2, 0.25) is 0 Å². The molecule has 1 amide bonds. The van der Waals surface area contributed by atoms with Crippen LogP contribution in [0.1, 0.15) is 17.1 Å². The first kappa shape index (κ1) is 12.2. The van der Waals surface area contributed by atoms with Crippen LogP contribution < -0.4 is 5.32 Å². The molecular formula is C15H15NO2. The van der Waals surface area contributed by atoms with E-state index in [9.17, 15) is 4.79 Å². The van der Waals surface area contributed by atoms with Gasteiger partial charge in [0.25, 0.3) is 0 Å². The predicted octanol–water partition coefficient (Wildman–Crippen LogP) is 3.55. The SMILES string of the molecule is Cc1ccc(NC(=O)/C=C/c2ccc(C)o2)cc1. The van der Waals surface area contributed by atoms with E-state index in [2.05, 4.69) is 5.32 Å². The highest BCUT2D eigenvalue weighted by Crippen LogP contribution is 2.10. The summed E-state index contributed by atoms with van der Waals surface area (Å²) in [5.74, 6) is 1.33. The van der Waals surface area contributed by atoms with Crippen LogP contribution in [0.5, 0.6) is 0 Å². The molecule has 3 nitrogen and oxygen atoms in total. The van der Waals surface area contributed by atoms with Crippen LogP contribution in [0.25, 0.3) is 6.08 Å². The number of hydrogen-bond acceptors (Lipinski definition) is 2. The first-order valence-electron chi connectivity index (χ1n) is 5.76. The minimum absolute atomic E-state index is 0.173. The number of hydrogen-bond donors (Lipinski definition) is 1. The molecule has 0 aliphatic heterocycles. The molecule has 1 aromatic heterocycles. The van der Waals surface area contributed by atoms with E-state index in [0.717, 1.165) is 17.0 Å². The second-order valence-corrected chi connectivity index (χ2v) is 4.14. The van der Waals surface area contributed by atoms with Crippen molar-refractivity contribution in [3.63, 3.8) is 0 Å². The molecule has 18 heavy (non-hydrogen) atoms. The summed E-state index contributed by atoms with van der Waals surface area (Å²) in [7, 11) is 0. The molecule has 2 rings (SSSR count). The van der Waals surface area contributed by atoms with E-state index in [1.807, 2.05) is 50.2 Å². The Morgan fingerprint density at radius 3 is 2.44 bits per heavy atom. The summed E-state index contributed by atoms with van der Waals surface area (Å²) in [5, 5.41) is 2.78. The maximum absolute atomic E-state index is 11.6. The largest absolute Gasteiger partial charge is 0.462 e. The zero-order valence-corrected chi connectivity index (χ0v) is 10.4. The molecule has 3 heteroatoms. The number of nitrogens with one attached hydrogen (secondary N) is 1. The Balaban J connectivity index is 1.96. The molecule has 0 radical (unpaired) electrons. The Bertz CT molecular complexity index is 564. The van der Waals surface area contributed by atoms with Gasteiger partial charge in [0.2, 0.25) is 5.91 Å². The molecule has 0 saturated carbocycles. The summed E-state index contributed by atoms with van der Waals surface area (Å²) in [6, 6.07) is 11.3. The lowest BCUT2D eigenvalue weighted by Gasteiger charge is -2.01. The highest BCUT2D eigenvalue weighted by molar-refractivity contribution is 6.01. The van der Waals surface area contributed by atoms with Gasteiger partial charge >= 0.3 is 0 Å². The van der Waals surface area contributed by atoms with Crippen LogP contribution in [0.15, 0.2) is 46.9 Å². The first-order chi connectivity index (χ1) is 8.63. The Labute approximate surface area is 106 Å². The Morgan fingerprint density at radius 1 is 1.11 bits per heavy atom. The van der Waals surface area contributed by atoms with Crippen molar-refractivity contribution in [3.8, 4) is 0 Å². The van der Waals surface area contributed by atoms with Gasteiger partial charge in [-0.05, 0) is 44.2 Å². The molecule has 1 aromatic carbocycles. The van der Waals surface area contributed by atoms with Crippen LogP contribution in [0.3, 0.4) is 0 Å². The number of rotatable bonds is 3. The van der Waals surface area contributed by atoms with Crippen LogP contribution >= 0.6 is 0 Å². The van der Waals surface area contributed by atoms with Gasteiger partial charge in [-0.1, -0.05) is 17.7 Å². The van der Waals surface area contributed by atoms with E-state index in [0.29, 0.717) is 5.76 Å². The minimum Gasteiger partial charge on any atom is -0.462 e. The Hall–Kier alpha value is -2.29. The molecule has 1 N–H and O–H groups in total. The molecule has 0 unspecified atom stereocenters. The van der Waals surface area contributed by atoms with Gasteiger partial charge in [0.05, 0.1) is 0 Å². The molecule has 0 aliphatic rings. The highest BCUT2D eigenvalue weighted by atomic mass is 16.3. The van der Waals surface area contributed by atoms with E-state index in [-0.39, 0.29) is 5.91 Å². The second-order valence-electron chi connectivity index (χ2n) is 4.14. The van der Waals surface area contributed by atoms with Crippen molar-refractivity contribution >= 4 is 17.7 Å². The normalized spacial score (nSPS) is 10.8. The first-order valence-corrected chi connectivity index (χ1v) is 5.76. The lowest BCUT2D eigenvalue weighted by atomic mass is 10.2. The average Bonchev–Trinajstić information content (AvgIpc) is 2.76. The van der Waals surface area contributed by atoms with Gasteiger partial charge in [-0.3, -0.25) is 4.79 Å². The third-order valence-corrected chi connectivity index (χ3v) is 2.48. The molecule has 2 aromatic rings. The van der Waals surface area contributed by atoms with E-state index >= 15 is 0 Å². The monoisotopic (exact) mass is 241 g/mol. The van der Waals surface area contributed by atoms with Gasteiger partial charge < -0.3 is 9.73 Å². The predicted molar refractivity (Wildman–Crippen MR) is 72.3 cm³/mol. The van der Waals surface area contributed by atoms with Gasteiger partial charge in [-0.2, -0.15) is 0 Å². The van der Waals surface area contributed by atoms with Crippen molar-refractivity contribution < 1.29 is 9.21 Å². The summed E-state index contributed by atoms with van der Waals surface area (Å²) >= 11 is 0. The van der Waals surface area contributed by atoms with Gasteiger partial charge in [-0.25, -0.2) is 0 Å². The number of amides is 1. The lowest BCUT2D eigenvalue weighted by Crippen LogP contribution is -2.07. The van der Waals surface area contributed by atoms with Crippen LogP contribution in [-0.4, -0.2) is 5.91 Å². The maximum Gasteiger partial charge on any atom is 0.248 e. The third kappa shape index (κ3) is 3.35. The molecule has 0 saturated heterocycles. The topological polar surface area (TPSA) is 42.2 Å². The molecule has 0 spiro atoms. The molecule has 0 fully saturated rings. The quantitative estimate of drug-likeness (QED) is 0.835. The third-order valence-electron chi connectivity index (χ3n) is 2.48. The number of anilines is 1. The smallest absolute Gasteiger partial charge is 0.248 e. The van der Waals surface area contributed by atoms with Crippen molar-refractivity contribution in [2.45, 2.75) is 13.8 Å². The molecular weight excluding hydrogens is 226 g/mol. The van der Waals surface area contributed by atoms with Crippen molar-refractivity contribution in [1.29, 1.82) is 0 Å². The van der Waals surface area contributed by atoms with Gasteiger partial charge in [-0.15, -0.1) is 0 Å². The Kier molecular flexibility index (Phi) is 3.63. The minimum atomic E-state index is -0.173. The fraction of sp³-hybridized carbons (Fsp3) is 0.133. The summed E-state index contributed by atoms with van der Waals surface area (Å²) < 4.78 is 5.33. The second kappa shape index (κ2) is 5.36. The standard InChI is InChI=1S/C15H15NO2/c1-11-3-6-13(7-4-11)16-15(17)10-9-14-8-5-12(2)18-14/h3-10H,1-2H3,(H,16,17)/b10-9+. The van der Waals surface area contributed by atoms with E-state index in [1.54, 1.807) is 6.08 Å². The zero-order valence-electron chi connectivity index (χ0n) is 10.4. The van der Waals surface area contributed by atoms with Crippen LogP contribution in [-0.2, 0) is 4.79 Å². The lowest BCUT2D eigenvalue weighted by molar-refractivity contribution is -0.111. The number of furan rings is 1. The summed E-state index contributed by atoms with van der Waals surface area (Å²) in [6.45, 7) is 3.87. The van der Waals surface area contributed by atoms with Crippen molar-refractivity contribution in [2.75, 3.05) is 5.32 Å². The molecule has 1 heterocycles. The maximum atomic E-state index is 11.6. The number of carbonyl (C=O) groups is 1. The number of aryl methyl sites for hydroxylation is 2. The summed E-state index contributed by atoms with van der Waals surface area (Å²) in [4.78, 5) is 11.6. The summed E-state index contributed by atoms with van der Waals surface area (Å²) in [6.07, 6.45) is 3.11. The van der Waals surface area contributed by atoms with Crippen molar-refractivity contribution in [1.82, 2.24) is 0 Å². The number of benzene rings is 1. The van der Waals surface area contributed by atoms with Crippen LogP contribution in [0, 0.1) is 13.8 Å². The van der Waals surface area contributed by atoms with Crippen LogP contribution in [0.4, 0.5) is 5.69 Å². The molecule has 0 aliphatic carbocycles. The van der Waals surface area contributed by atoms with Gasteiger partial charge in [0, 0.05) is 11.8 Å². The molecule has 0 bridgehead atoms. The van der Waals surface area contributed by atoms with E-state index in [1.165, 1.54) is 6.08 Å².